The average Bonchev–Trinajstić information content (AvgIpc) is 2.10. The molecule has 0 fully saturated rings. The van der Waals surface area contributed by atoms with Gasteiger partial charge in [0, 0.05) is 12.7 Å². The third-order valence-corrected chi connectivity index (χ3v) is 2.08. The van der Waals surface area contributed by atoms with Crippen molar-refractivity contribution in [3.63, 3.8) is 0 Å². The predicted octanol–water partition coefficient (Wildman–Crippen LogP) is 3.10. The number of hydrogen-bond donors (Lipinski definition) is 0. The van der Waals surface area contributed by atoms with E-state index in [0.29, 0.717) is 11.6 Å². The Kier molecular flexibility index (Phi) is 3.48. The molecule has 1 rings (SSSR count). The van der Waals surface area contributed by atoms with E-state index >= 15 is 0 Å². The molecule has 1 aromatic rings. The first-order valence-electron chi connectivity index (χ1n) is 4.33. The Hall–Kier alpha value is -1.23. The third kappa shape index (κ3) is 2.88. The van der Waals surface area contributed by atoms with Crippen LogP contribution in [0.4, 0.5) is 13.2 Å². The van der Waals surface area contributed by atoms with Crippen molar-refractivity contribution in [1.29, 1.82) is 0 Å². The van der Waals surface area contributed by atoms with Crippen LogP contribution in [-0.2, 0) is 12.7 Å². The first kappa shape index (κ1) is 12.8. The number of alkyl halides is 3. The lowest BCUT2D eigenvalue weighted by atomic mass is 10.2. The van der Waals surface area contributed by atoms with Crippen LogP contribution < -0.4 is 5.56 Å². The van der Waals surface area contributed by atoms with Crippen LogP contribution >= 0.6 is 11.6 Å². The number of pyridine rings is 1. The highest BCUT2D eigenvalue weighted by atomic mass is 35.5. The normalized spacial score (nSPS) is 11.6. The molecule has 0 aromatic carbocycles. The van der Waals surface area contributed by atoms with Gasteiger partial charge in [-0.3, -0.25) is 4.79 Å². The molecular weight excluding hydrogens is 243 g/mol. The van der Waals surface area contributed by atoms with Gasteiger partial charge in [-0.25, -0.2) is 0 Å². The second-order valence-electron chi connectivity index (χ2n) is 3.46. The van der Waals surface area contributed by atoms with Crippen LogP contribution in [0.5, 0.6) is 0 Å². The molecule has 0 spiro atoms. The largest absolute Gasteiger partial charge is 0.417 e. The van der Waals surface area contributed by atoms with Gasteiger partial charge in [-0.05, 0) is 13.0 Å². The zero-order valence-electron chi connectivity index (χ0n) is 8.44. The van der Waals surface area contributed by atoms with Crippen molar-refractivity contribution in [1.82, 2.24) is 4.57 Å². The summed E-state index contributed by atoms with van der Waals surface area (Å²) in [6, 6.07) is 0.624. The van der Waals surface area contributed by atoms with E-state index in [1.165, 1.54) is 0 Å². The molecule has 0 N–H and O–H groups in total. The summed E-state index contributed by atoms with van der Waals surface area (Å²) in [5.41, 5.74) is -1.03. The summed E-state index contributed by atoms with van der Waals surface area (Å²) in [6.07, 6.45) is -3.78. The van der Waals surface area contributed by atoms with E-state index in [-0.39, 0.29) is 6.54 Å². The predicted molar refractivity (Wildman–Crippen MR) is 55.5 cm³/mol. The highest BCUT2D eigenvalue weighted by Crippen LogP contribution is 2.29. The van der Waals surface area contributed by atoms with Crippen LogP contribution in [-0.4, -0.2) is 4.57 Å². The Morgan fingerprint density at radius 3 is 2.56 bits per heavy atom. The Morgan fingerprint density at radius 1 is 1.56 bits per heavy atom. The topological polar surface area (TPSA) is 22.0 Å². The number of allylic oxidation sites excluding steroid dienone is 1. The summed E-state index contributed by atoms with van der Waals surface area (Å²) in [5.74, 6) is 0. The molecular formula is C10H9ClF3NO. The lowest BCUT2D eigenvalue weighted by Crippen LogP contribution is -2.23. The average molecular weight is 252 g/mol. The summed E-state index contributed by atoms with van der Waals surface area (Å²) >= 11 is 5.45. The molecule has 6 heteroatoms. The highest BCUT2D eigenvalue weighted by Gasteiger charge is 2.31. The van der Waals surface area contributed by atoms with Crippen molar-refractivity contribution in [2.45, 2.75) is 19.6 Å². The molecule has 2 nitrogen and oxygen atoms in total. The Bertz CT molecular complexity index is 476. The lowest BCUT2D eigenvalue weighted by molar-refractivity contribution is -0.138. The number of nitrogens with zero attached hydrogens (tertiary/aromatic N) is 1. The van der Waals surface area contributed by atoms with Crippen molar-refractivity contribution < 1.29 is 13.2 Å². The molecule has 1 aromatic heterocycles. The van der Waals surface area contributed by atoms with Crippen molar-refractivity contribution in [3.05, 3.63) is 45.4 Å². The zero-order chi connectivity index (χ0) is 12.5. The lowest BCUT2D eigenvalue weighted by Gasteiger charge is -2.11. The van der Waals surface area contributed by atoms with Gasteiger partial charge in [0.15, 0.2) is 0 Å². The Balaban J connectivity index is 3.33. The fourth-order valence-electron chi connectivity index (χ4n) is 1.16. The van der Waals surface area contributed by atoms with Gasteiger partial charge in [0.1, 0.15) is 5.02 Å². The van der Waals surface area contributed by atoms with Crippen LogP contribution in [0.3, 0.4) is 0 Å². The molecule has 0 unspecified atom stereocenters. The minimum atomic E-state index is -4.52. The molecule has 0 amide bonds. The van der Waals surface area contributed by atoms with Gasteiger partial charge in [-0.1, -0.05) is 23.8 Å². The smallest absolute Gasteiger partial charge is 0.310 e. The molecule has 0 radical (unpaired) electrons. The fourth-order valence-corrected chi connectivity index (χ4v) is 1.39. The van der Waals surface area contributed by atoms with E-state index in [1.54, 1.807) is 6.92 Å². The molecule has 0 aliphatic carbocycles. The van der Waals surface area contributed by atoms with E-state index < -0.39 is 22.3 Å². The van der Waals surface area contributed by atoms with E-state index in [0.717, 1.165) is 10.8 Å². The fraction of sp³-hybridized carbons (Fsp3) is 0.300. The molecule has 0 aliphatic heterocycles. The highest BCUT2D eigenvalue weighted by molar-refractivity contribution is 6.30. The van der Waals surface area contributed by atoms with Crippen LogP contribution in [0.15, 0.2) is 29.2 Å². The summed E-state index contributed by atoms with van der Waals surface area (Å²) in [7, 11) is 0. The van der Waals surface area contributed by atoms with Crippen LogP contribution in [0, 0.1) is 0 Å². The minimum Gasteiger partial charge on any atom is -0.310 e. The van der Waals surface area contributed by atoms with Crippen LogP contribution in [0.1, 0.15) is 12.5 Å². The quantitative estimate of drug-likeness (QED) is 0.741. The van der Waals surface area contributed by atoms with E-state index in [2.05, 4.69) is 6.58 Å². The monoisotopic (exact) mass is 251 g/mol. The van der Waals surface area contributed by atoms with Gasteiger partial charge in [-0.15, -0.1) is 0 Å². The van der Waals surface area contributed by atoms with Crippen molar-refractivity contribution >= 4 is 11.6 Å². The molecule has 1 heterocycles. The van der Waals surface area contributed by atoms with Gasteiger partial charge in [0.05, 0.1) is 5.56 Å². The first-order chi connectivity index (χ1) is 7.21. The minimum absolute atomic E-state index is 0.0163. The first-order valence-corrected chi connectivity index (χ1v) is 4.71. The summed E-state index contributed by atoms with van der Waals surface area (Å²) < 4.78 is 38.2. The molecule has 0 aliphatic rings. The molecule has 0 atom stereocenters. The molecule has 0 saturated heterocycles. The second kappa shape index (κ2) is 4.33. The van der Waals surface area contributed by atoms with Gasteiger partial charge in [0.2, 0.25) is 0 Å². The number of aromatic nitrogens is 1. The molecule has 0 bridgehead atoms. The summed E-state index contributed by atoms with van der Waals surface area (Å²) in [4.78, 5) is 11.4. The van der Waals surface area contributed by atoms with Gasteiger partial charge in [-0.2, -0.15) is 13.2 Å². The van der Waals surface area contributed by atoms with Gasteiger partial charge in [0.25, 0.3) is 5.56 Å². The van der Waals surface area contributed by atoms with E-state index in [4.69, 9.17) is 11.6 Å². The molecule has 16 heavy (non-hydrogen) atoms. The van der Waals surface area contributed by atoms with Crippen molar-refractivity contribution in [2.75, 3.05) is 0 Å². The number of hydrogen-bond acceptors (Lipinski definition) is 1. The second-order valence-corrected chi connectivity index (χ2v) is 3.87. The summed E-state index contributed by atoms with van der Waals surface area (Å²) in [6.45, 7) is 5.16. The van der Waals surface area contributed by atoms with Crippen LogP contribution in [0.2, 0.25) is 5.02 Å². The van der Waals surface area contributed by atoms with Crippen molar-refractivity contribution in [2.24, 2.45) is 0 Å². The van der Waals surface area contributed by atoms with Gasteiger partial charge >= 0.3 is 6.18 Å². The zero-order valence-corrected chi connectivity index (χ0v) is 9.19. The Labute approximate surface area is 95.0 Å². The SMILES string of the molecule is C=C(C)Cn1cc(C(F)(F)F)cc(Cl)c1=O. The molecule has 88 valence electrons. The van der Waals surface area contributed by atoms with Crippen molar-refractivity contribution in [3.8, 4) is 0 Å². The maximum Gasteiger partial charge on any atom is 0.417 e. The standard InChI is InChI=1S/C10H9ClF3NO/c1-6(2)4-15-5-7(10(12,13)14)3-8(11)9(15)16/h3,5H,1,4H2,2H3. The molecule has 0 saturated carbocycles. The maximum atomic E-state index is 12.4. The van der Waals surface area contributed by atoms with E-state index in [9.17, 15) is 18.0 Å². The number of rotatable bonds is 2. The van der Waals surface area contributed by atoms with Gasteiger partial charge < -0.3 is 4.57 Å². The maximum absolute atomic E-state index is 12.4. The van der Waals surface area contributed by atoms with Crippen LogP contribution in [0.25, 0.3) is 0 Å². The Morgan fingerprint density at radius 2 is 2.12 bits per heavy atom. The number of halogens is 4. The van der Waals surface area contributed by atoms with E-state index in [1.807, 2.05) is 0 Å². The third-order valence-electron chi connectivity index (χ3n) is 1.81. The summed E-state index contributed by atoms with van der Waals surface area (Å²) in [5, 5.41) is -0.448.